The number of anilines is 1. The molecule has 1 atom stereocenters. The van der Waals surface area contributed by atoms with Crippen LogP contribution in [0.5, 0.6) is 0 Å². The van der Waals surface area contributed by atoms with Gasteiger partial charge in [-0.05, 0) is 24.5 Å². The molecule has 2 amide bonds. The zero-order valence-corrected chi connectivity index (χ0v) is 14.4. The molecule has 0 aromatic heterocycles. The molecule has 2 aliphatic rings. The molecule has 1 saturated heterocycles. The van der Waals surface area contributed by atoms with Crippen LogP contribution in [0.2, 0.25) is 0 Å². The van der Waals surface area contributed by atoms with E-state index in [-0.39, 0.29) is 37.2 Å². The van der Waals surface area contributed by atoms with Gasteiger partial charge in [0.2, 0.25) is 11.8 Å². The van der Waals surface area contributed by atoms with Crippen LogP contribution in [-0.4, -0.2) is 55.6 Å². The molecule has 3 rings (SSSR count). The van der Waals surface area contributed by atoms with Crippen LogP contribution in [0.25, 0.3) is 0 Å². The molecule has 1 fully saturated rings. The van der Waals surface area contributed by atoms with E-state index in [0.717, 1.165) is 18.5 Å². The molecule has 0 radical (unpaired) electrons. The molecule has 0 bridgehead atoms. The Morgan fingerprint density at radius 1 is 1.29 bits per heavy atom. The fraction of sp³-hybridized carbons (Fsp3) is 0.529. The van der Waals surface area contributed by atoms with Crippen LogP contribution >= 0.6 is 12.4 Å². The highest BCUT2D eigenvalue weighted by Gasteiger charge is 2.32. The van der Waals surface area contributed by atoms with Gasteiger partial charge in [-0.15, -0.1) is 12.4 Å². The van der Waals surface area contributed by atoms with Gasteiger partial charge in [0.15, 0.2) is 0 Å². The first-order valence-electron chi connectivity index (χ1n) is 8.17. The van der Waals surface area contributed by atoms with Gasteiger partial charge in [-0.1, -0.05) is 18.2 Å². The van der Waals surface area contributed by atoms with Gasteiger partial charge in [0, 0.05) is 31.9 Å². The quantitative estimate of drug-likeness (QED) is 0.891. The maximum Gasteiger partial charge on any atom is 0.240 e. The Labute approximate surface area is 147 Å². The van der Waals surface area contributed by atoms with E-state index >= 15 is 0 Å². The molecule has 2 heterocycles. The molecule has 0 saturated carbocycles. The molecule has 24 heavy (non-hydrogen) atoms. The summed E-state index contributed by atoms with van der Waals surface area (Å²) in [6.07, 6.45) is 2.03. The van der Waals surface area contributed by atoms with Crippen LogP contribution < -0.4 is 10.2 Å². The first kappa shape index (κ1) is 18.7. The van der Waals surface area contributed by atoms with Gasteiger partial charge >= 0.3 is 0 Å². The van der Waals surface area contributed by atoms with E-state index in [1.54, 1.807) is 4.90 Å². The standard InChI is InChI=1S/C17H22FN3O2.ClH/c18-7-10-20-11-8-19-14(17(20)23)12-16(22)21-9-3-5-13-4-1-2-6-15(13)21;/h1-2,4,6,14,19H,3,5,7-12H2;1H. The molecule has 5 nitrogen and oxygen atoms in total. The number of halogens is 2. The average molecular weight is 356 g/mol. The van der Waals surface area contributed by atoms with Crippen LogP contribution in [0.3, 0.4) is 0 Å². The summed E-state index contributed by atoms with van der Waals surface area (Å²) in [5, 5.41) is 3.09. The Morgan fingerprint density at radius 2 is 2.08 bits per heavy atom. The molecule has 1 N–H and O–H groups in total. The summed E-state index contributed by atoms with van der Waals surface area (Å²) in [6.45, 7) is 1.34. The SMILES string of the molecule is Cl.O=C1C(CC(=O)N2CCCc3ccccc32)NCCN1CCF. The second-order valence-electron chi connectivity index (χ2n) is 6.00. The van der Waals surface area contributed by atoms with Crippen LogP contribution in [0.4, 0.5) is 10.1 Å². The maximum atomic E-state index is 12.7. The summed E-state index contributed by atoms with van der Waals surface area (Å²) in [7, 11) is 0. The Bertz CT molecular complexity index is 597. The van der Waals surface area contributed by atoms with Crippen molar-refractivity contribution in [2.75, 3.05) is 37.8 Å². The zero-order chi connectivity index (χ0) is 16.2. The lowest BCUT2D eigenvalue weighted by molar-refractivity contribution is -0.138. The average Bonchev–Trinajstić information content (AvgIpc) is 2.58. The Hall–Kier alpha value is -1.66. The summed E-state index contributed by atoms with van der Waals surface area (Å²) in [6, 6.07) is 7.36. The second-order valence-corrected chi connectivity index (χ2v) is 6.00. The summed E-state index contributed by atoms with van der Waals surface area (Å²) < 4.78 is 12.5. The summed E-state index contributed by atoms with van der Waals surface area (Å²) in [5.41, 5.74) is 2.13. The highest BCUT2D eigenvalue weighted by Crippen LogP contribution is 2.27. The topological polar surface area (TPSA) is 52.7 Å². The fourth-order valence-electron chi connectivity index (χ4n) is 3.35. The summed E-state index contributed by atoms with van der Waals surface area (Å²) >= 11 is 0. The van der Waals surface area contributed by atoms with Crippen molar-refractivity contribution in [3.63, 3.8) is 0 Å². The molecule has 1 aromatic carbocycles. The third kappa shape index (κ3) is 3.87. The second kappa shape index (κ2) is 8.44. The van der Waals surface area contributed by atoms with Gasteiger partial charge in [-0.3, -0.25) is 9.59 Å². The predicted molar refractivity (Wildman–Crippen MR) is 93.3 cm³/mol. The first-order chi connectivity index (χ1) is 11.2. The van der Waals surface area contributed by atoms with Crippen molar-refractivity contribution in [1.29, 1.82) is 0 Å². The number of hydrogen-bond donors (Lipinski definition) is 1. The van der Waals surface area contributed by atoms with E-state index in [9.17, 15) is 14.0 Å². The summed E-state index contributed by atoms with van der Waals surface area (Å²) in [5.74, 6) is -0.224. The minimum atomic E-state index is -0.550. The van der Waals surface area contributed by atoms with Crippen LogP contribution in [0, 0.1) is 0 Å². The number of piperazine rings is 1. The van der Waals surface area contributed by atoms with Crippen LogP contribution in [0.15, 0.2) is 24.3 Å². The van der Waals surface area contributed by atoms with Crippen molar-refractivity contribution >= 4 is 29.9 Å². The molecule has 132 valence electrons. The maximum absolute atomic E-state index is 12.7. The number of nitrogens with one attached hydrogen (secondary N) is 1. The van der Waals surface area contributed by atoms with Crippen molar-refractivity contribution in [3.05, 3.63) is 29.8 Å². The molecular weight excluding hydrogens is 333 g/mol. The lowest BCUT2D eigenvalue weighted by atomic mass is 10.0. The van der Waals surface area contributed by atoms with Gasteiger partial charge in [0.25, 0.3) is 0 Å². The number of nitrogens with zero attached hydrogens (tertiary/aromatic N) is 2. The lowest BCUT2D eigenvalue weighted by Crippen LogP contribution is -2.57. The van der Waals surface area contributed by atoms with E-state index in [4.69, 9.17) is 0 Å². The normalized spacial score (nSPS) is 20.4. The number of aryl methyl sites for hydroxylation is 1. The number of fused-ring (bicyclic) bond motifs is 1. The first-order valence-corrected chi connectivity index (χ1v) is 8.17. The number of carbonyl (C=O) groups is 2. The zero-order valence-electron chi connectivity index (χ0n) is 13.5. The number of alkyl halides is 1. The van der Waals surface area contributed by atoms with E-state index < -0.39 is 12.7 Å². The summed E-state index contributed by atoms with van der Waals surface area (Å²) in [4.78, 5) is 28.3. The lowest BCUT2D eigenvalue weighted by Gasteiger charge is -2.34. The third-order valence-electron chi connectivity index (χ3n) is 4.53. The number of rotatable bonds is 4. The molecule has 2 aliphatic heterocycles. The van der Waals surface area contributed by atoms with Crippen molar-refractivity contribution in [2.24, 2.45) is 0 Å². The van der Waals surface area contributed by atoms with Crippen molar-refractivity contribution in [1.82, 2.24) is 10.2 Å². The molecule has 1 unspecified atom stereocenters. The highest BCUT2D eigenvalue weighted by atomic mass is 35.5. The van der Waals surface area contributed by atoms with Gasteiger partial charge in [-0.25, -0.2) is 4.39 Å². The molecular formula is C17H23ClFN3O2. The van der Waals surface area contributed by atoms with Crippen molar-refractivity contribution < 1.29 is 14.0 Å². The van der Waals surface area contributed by atoms with Gasteiger partial charge in [0.05, 0.1) is 12.5 Å². The van der Waals surface area contributed by atoms with Gasteiger partial charge < -0.3 is 15.1 Å². The Morgan fingerprint density at radius 3 is 2.88 bits per heavy atom. The van der Waals surface area contributed by atoms with E-state index in [1.165, 1.54) is 10.5 Å². The van der Waals surface area contributed by atoms with Crippen LogP contribution in [0.1, 0.15) is 18.4 Å². The smallest absolute Gasteiger partial charge is 0.240 e. The molecule has 7 heteroatoms. The van der Waals surface area contributed by atoms with E-state index in [1.807, 2.05) is 24.3 Å². The predicted octanol–water partition coefficient (Wildman–Crippen LogP) is 1.55. The highest BCUT2D eigenvalue weighted by molar-refractivity contribution is 5.98. The largest absolute Gasteiger partial charge is 0.337 e. The van der Waals surface area contributed by atoms with Crippen molar-refractivity contribution in [3.8, 4) is 0 Å². The van der Waals surface area contributed by atoms with E-state index in [0.29, 0.717) is 19.6 Å². The molecule has 1 aromatic rings. The monoisotopic (exact) mass is 355 g/mol. The van der Waals surface area contributed by atoms with Gasteiger partial charge in [-0.2, -0.15) is 0 Å². The van der Waals surface area contributed by atoms with Crippen LogP contribution in [-0.2, 0) is 16.0 Å². The minimum Gasteiger partial charge on any atom is -0.337 e. The molecule has 0 spiro atoms. The number of amides is 2. The number of carbonyl (C=O) groups excluding carboxylic acids is 2. The number of benzene rings is 1. The Kier molecular flexibility index (Phi) is 6.57. The Balaban J connectivity index is 0.00000208. The van der Waals surface area contributed by atoms with E-state index in [2.05, 4.69) is 5.32 Å². The number of para-hydroxylation sites is 1. The van der Waals surface area contributed by atoms with Crippen molar-refractivity contribution in [2.45, 2.75) is 25.3 Å². The van der Waals surface area contributed by atoms with Gasteiger partial charge in [0.1, 0.15) is 6.67 Å². The third-order valence-corrected chi connectivity index (χ3v) is 4.53. The number of hydrogen-bond acceptors (Lipinski definition) is 3. The molecule has 0 aliphatic carbocycles. The fourth-order valence-corrected chi connectivity index (χ4v) is 3.35. The minimum absolute atomic E-state index is 0.